The molecule has 0 bridgehead atoms. The summed E-state index contributed by atoms with van der Waals surface area (Å²) in [6.07, 6.45) is 1.65. The van der Waals surface area contributed by atoms with Crippen molar-refractivity contribution in [2.75, 3.05) is 0 Å². The van der Waals surface area contributed by atoms with Crippen LogP contribution in [0.2, 0.25) is 5.02 Å². The van der Waals surface area contributed by atoms with E-state index in [-0.39, 0.29) is 0 Å². The van der Waals surface area contributed by atoms with Gasteiger partial charge >= 0.3 is 0 Å². The number of rotatable bonds is 1. The van der Waals surface area contributed by atoms with Crippen molar-refractivity contribution >= 4 is 33.2 Å². The molecule has 0 fully saturated rings. The molecule has 2 nitrogen and oxygen atoms in total. The highest BCUT2D eigenvalue weighted by Crippen LogP contribution is 2.31. The molecule has 15 heavy (non-hydrogen) atoms. The zero-order valence-electron chi connectivity index (χ0n) is 7.61. The Morgan fingerprint density at radius 1 is 1.27 bits per heavy atom. The number of aromatic nitrogens is 1. The van der Waals surface area contributed by atoms with Crippen molar-refractivity contribution < 1.29 is 4.42 Å². The summed E-state index contributed by atoms with van der Waals surface area (Å²) in [5.74, 6) is 0.798. The molecule has 3 aromatic rings. The average Bonchev–Trinajstić information content (AvgIpc) is 2.84. The summed E-state index contributed by atoms with van der Waals surface area (Å²) in [5, 5.41) is 1.59. The van der Waals surface area contributed by atoms with E-state index in [1.54, 1.807) is 17.6 Å². The Hall–Kier alpha value is -1.32. The van der Waals surface area contributed by atoms with Gasteiger partial charge in [-0.3, -0.25) is 0 Å². The lowest BCUT2D eigenvalue weighted by atomic mass is 10.3. The molecule has 2 heterocycles. The second-order valence-corrected chi connectivity index (χ2v) is 4.58. The Kier molecular flexibility index (Phi) is 2.01. The first-order chi connectivity index (χ1) is 7.33. The van der Waals surface area contributed by atoms with Crippen molar-refractivity contribution in [2.24, 2.45) is 0 Å². The first kappa shape index (κ1) is 8.95. The summed E-state index contributed by atoms with van der Waals surface area (Å²) >= 11 is 7.49. The highest BCUT2D eigenvalue weighted by Gasteiger charge is 2.08. The van der Waals surface area contributed by atoms with Gasteiger partial charge in [-0.1, -0.05) is 11.6 Å². The number of thiazole rings is 1. The monoisotopic (exact) mass is 235 g/mol. The molecule has 0 aliphatic rings. The van der Waals surface area contributed by atoms with Gasteiger partial charge in [0.15, 0.2) is 10.8 Å². The van der Waals surface area contributed by atoms with E-state index >= 15 is 0 Å². The van der Waals surface area contributed by atoms with Gasteiger partial charge in [0.05, 0.1) is 16.5 Å². The van der Waals surface area contributed by atoms with Crippen LogP contribution in [-0.2, 0) is 0 Å². The standard InChI is InChI=1S/C11H6ClNOS/c12-7-3-4-10-8(6-7)13-11(15-10)9-2-1-5-14-9/h1-6H. The second kappa shape index (κ2) is 3.36. The quantitative estimate of drug-likeness (QED) is 0.632. The summed E-state index contributed by atoms with van der Waals surface area (Å²) in [5.41, 5.74) is 0.916. The second-order valence-electron chi connectivity index (χ2n) is 3.11. The van der Waals surface area contributed by atoms with Crippen LogP contribution < -0.4 is 0 Å². The van der Waals surface area contributed by atoms with Crippen LogP contribution in [-0.4, -0.2) is 4.98 Å². The lowest BCUT2D eigenvalue weighted by Gasteiger charge is -1.86. The van der Waals surface area contributed by atoms with E-state index in [9.17, 15) is 0 Å². The van der Waals surface area contributed by atoms with Crippen LogP contribution in [0.1, 0.15) is 0 Å². The van der Waals surface area contributed by atoms with Gasteiger partial charge in [-0.15, -0.1) is 11.3 Å². The zero-order valence-corrected chi connectivity index (χ0v) is 9.18. The molecule has 3 rings (SSSR count). The number of halogens is 1. The first-order valence-corrected chi connectivity index (χ1v) is 5.62. The van der Waals surface area contributed by atoms with Gasteiger partial charge in [-0.25, -0.2) is 4.98 Å². The van der Waals surface area contributed by atoms with Gasteiger partial charge < -0.3 is 4.42 Å². The minimum Gasteiger partial charge on any atom is -0.462 e. The first-order valence-electron chi connectivity index (χ1n) is 4.43. The number of furan rings is 1. The normalized spacial score (nSPS) is 11.0. The van der Waals surface area contributed by atoms with Crippen molar-refractivity contribution in [3.8, 4) is 10.8 Å². The molecule has 0 amide bonds. The molecule has 0 aliphatic heterocycles. The van der Waals surface area contributed by atoms with Crippen LogP contribution in [0, 0.1) is 0 Å². The minimum atomic E-state index is 0.707. The molecule has 0 saturated carbocycles. The number of fused-ring (bicyclic) bond motifs is 1. The summed E-state index contributed by atoms with van der Waals surface area (Å²) in [7, 11) is 0. The molecule has 0 N–H and O–H groups in total. The summed E-state index contributed by atoms with van der Waals surface area (Å²) in [6.45, 7) is 0. The third kappa shape index (κ3) is 1.54. The topological polar surface area (TPSA) is 26.0 Å². The number of hydrogen-bond donors (Lipinski definition) is 0. The van der Waals surface area contributed by atoms with Gasteiger partial charge in [0.25, 0.3) is 0 Å². The highest BCUT2D eigenvalue weighted by atomic mass is 35.5. The fourth-order valence-electron chi connectivity index (χ4n) is 1.41. The third-order valence-electron chi connectivity index (χ3n) is 2.08. The van der Waals surface area contributed by atoms with E-state index in [1.807, 2.05) is 30.3 Å². The van der Waals surface area contributed by atoms with Gasteiger partial charge in [-0.2, -0.15) is 0 Å². The lowest BCUT2D eigenvalue weighted by molar-refractivity contribution is 0.582. The van der Waals surface area contributed by atoms with E-state index in [0.29, 0.717) is 5.02 Å². The fourth-order valence-corrected chi connectivity index (χ4v) is 2.49. The Balaban J connectivity index is 2.22. The largest absolute Gasteiger partial charge is 0.462 e. The molecular weight excluding hydrogens is 230 g/mol. The SMILES string of the molecule is Clc1ccc2sc(-c3ccco3)nc2c1. The predicted molar refractivity (Wildman–Crippen MR) is 62.3 cm³/mol. The van der Waals surface area contributed by atoms with Crippen LogP contribution in [0.15, 0.2) is 41.0 Å². The van der Waals surface area contributed by atoms with Crippen LogP contribution in [0.4, 0.5) is 0 Å². The van der Waals surface area contributed by atoms with E-state index in [4.69, 9.17) is 16.0 Å². The third-order valence-corrected chi connectivity index (χ3v) is 3.37. The summed E-state index contributed by atoms with van der Waals surface area (Å²) in [4.78, 5) is 4.46. The van der Waals surface area contributed by atoms with Crippen LogP contribution in [0.5, 0.6) is 0 Å². The summed E-state index contributed by atoms with van der Waals surface area (Å²) in [6, 6.07) is 9.46. The molecular formula is C11H6ClNOS. The number of benzene rings is 1. The molecule has 74 valence electrons. The molecule has 2 aromatic heterocycles. The van der Waals surface area contributed by atoms with Crippen molar-refractivity contribution in [3.63, 3.8) is 0 Å². The van der Waals surface area contributed by atoms with E-state index in [0.717, 1.165) is 21.0 Å². The van der Waals surface area contributed by atoms with E-state index < -0.39 is 0 Å². The molecule has 0 saturated heterocycles. The van der Waals surface area contributed by atoms with E-state index in [1.165, 1.54) is 0 Å². The Morgan fingerprint density at radius 2 is 2.20 bits per heavy atom. The van der Waals surface area contributed by atoms with Crippen LogP contribution in [0.3, 0.4) is 0 Å². The highest BCUT2D eigenvalue weighted by molar-refractivity contribution is 7.21. The molecule has 0 spiro atoms. The number of nitrogens with zero attached hydrogens (tertiary/aromatic N) is 1. The maximum Gasteiger partial charge on any atom is 0.162 e. The van der Waals surface area contributed by atoms with Crippen LogP contribution >= 0.6 is 22.9 Å². The van der Waals surface area contributed by atoms with Crippen molar-refractivity contribution in [1.29, 1.82) is 0 Å². The van der Waals surface area contributed by atoms with Crippen LogP contribution in [0.25, 0.3) is 21.0 Å². The average molecular weight is 236 g/mol. The maximum absolute atomic E-state index is 5.89. The van der Waals surface area contributed by atoms with Crippen molar-refractivity contribution in [3.05, 3.63) is 41.6 Å². The smallest absolute Gasteiger partial charge is 0.162 e. The zero-order chi connectivity index (χ0) is 10.3. The fraction of sp³-hybridized carbons (Fsp3) is 0. The molecule has 1 aromatic carbocycles. The molecule has 4 heteroatoms. The Morgan fingerprint density at radius 3 is 3.00 bits per heavy atom. The van der Waals surface area contributed by atoms with E-state index in [2.05, 4.69) is 4.98 Å². The van der Waals surface area contributed by atoms with Gasteiger partial charge in [0, 0.05) is 5.02 Å². The molecule has 0 atom stereocenters. The Labute approximate surface area is 95.1 Å². The minimum absolute atomic E-state index is 0.707. The van der Waals surface area contributed by atoms with Gasteiger partial charge in [-0.05, 0) is 30.3 Å². The van der Waals surface area contributed by atoms with Gasteiger partial charge in [0.1, 0.15) is 0 Å². The number of hydrogen-bond acceptors (Lipinski definition) is 3. The summed E-state index contributed by atoms with van der Waals surface area (Å²) < 4.78 is 6.41. The molecule has 0 radical (unpaired) electrons. The van der Waals surface area contributed by atoms with Crippen molar-refractivity contribution in [1.82, 2.24) is 4.98 Å². The lowest BCUT2D eigenvalue weighted by Crippen LogP contribution is -1.70. The maximum atomic E-state index is 5.89. The molecule has 0 aliphatic carbocycles. The van der Waals surface area contributed by atoms with Gasteiger partial charge in [0.2, 0.25) is 0 Å². The molecule has 0 unspecified atom stereocenters. The Bertz CT molecular complexity index is 600. The predicted octanol–water partition coefficient (Wildman–Crippen LogP) is 4.21. The van der Waals surface area contributed by atoms with Crippen molar-refractivity contribution in [2.45, 2.75) is 0 Å².